The summed E-state index contributed by atoms with van der Waals surface area (Å²) in [5.41, 5.74) is 1.09. The molecule has 0 fully saturated rings. The van der Waals surface area contributed by atoms with Crippen LogP contribution in [0, 0.1) is 6.92 Å². The van der Waals surface area contributed by atoms with Crippen LogP contribution in [-0.2, 0) is 0 Å². The van der Waals surface area contributed by atoms with Gasteiger partial charge in [0.1, 0.15) is 0 Å². The van der Waals surface area contributed by atoms with E-state index >= 15 is 0 Å². The first kappa shape index (κ1) is 11.9. The van der Waals surface area contributed by atoms with Crippen molar-refractivity contribution in [3.05, 3.63) is 18.0 Å². The molecule has 15 heavy (non-hydrogen) atoms. The Bertz CT molecular complexity index is 281. The Balaban J connectivity index is 2.40. The van der Waals surface area contributed by atoms with Crippen LogP contribution in [0.1, 0.15) is 19.4 Å². The summed E-state index contributed by atoms with van der Waals surface area (Å²) in [7, 11) is 2.01. The molecule has 1 heterocycles. The van der Waals surface area contributed by atoms with Crippen LogP contribution in [-0.4, -0.2) is 36.1 Å². The van der Waals surface area contributed by atoms with Crippen LogP contribution in [0.2, 0.25) is 0 Å². The lowest BCUT2D eigenvalue weighted by atomic mass is 10.4. The molecule has 1 rings (SSSR count). The normalized spacial score (nSPS) is 10.7. The molecule has 0 aliphatic rings. The highest BCUT2D eigenvalue weighted by Gasteiger charge is 2.02. The Morgan fingerprint density at radius 2 is 1.93 bits per heavy atom. The van der Waals surface area contributed by atoms with Crippen molar-refractivity contribution >= 4 is 5.95 Å². The van der Waals surface area contributed by atoms with Gasteiger partial charge in [-0.2, -0.15) is 0 Å². The molecule has 1 N–H and O–H groups in total. The predicted molar refractivity (Wildman–Crippen MR) is 63.2 cm³/mol. The maximum absolute atomic E-state index is 4.26. The average Bonchev–Trinajstić information content (AvgIpc) is 2.18. The molecule has 0 spiro atoms. The van der Waals surface area contributed by atoms with Gasteiger partial charge in [-0.1, -0.05) is 13.8 Å². The first-order valence-electron chi connectivity index (χ1n) is 5.32. The minimum Gasteiger partial charge on any atom is -0.343 e. The minimum absolute atomic E-state index is 0.525. The molecule has 0 radical (unpaired) electrons. The molecule has 0 amide bonds. The van der Waals surface area contributed by atoms with E-state index < -0.39 is 0 Å². The highest BCUT2D eigenvalue weighted by Crippen LogP contribution is 2.03. The van der Waals surface area contributed by atoms with Crippen LogP contribution < -0.4 is 10.2 Å². The first-order valence-corrected chi connectivity index (χ1v) is 5.32. The van der Waals surface area contributed by atoms with Gasteiger partial charge in [0.15, 0.2) is 0 Å². The van der Waals surface area contributed by atoms with E-state index in [0.29, 0.717) is 6.04 Å². The van der Waals surface area contributed by atoms with E-state index in [9.17, 15) is 0 Å². The molecular weight excluding hydrogens is 188 g/mol. The second-order valence-electron chi connectivity index (χ2n) is 4.09. The second-order valence-corrected chi connectivity index (χ2v) is 4.09. The molecule has 1 aromatic heterocycles. The third-order valence-electron chi connectivity index (χ3n) is 2.11. The summed E-state index contributed by atoms with van der Waals surface area (Å²) in [4.78, 5) is 10.6. The number of anilines is 1. The Kier molecular flexibility index (Phi) is 4.49. The van der Waals surface area contributed by atoms with E-state index in [2.05, 4.69) is 34.0 Å². The van der Waals surface area contributed by atoms with Crippen LogP contribution in [0.5, 0.6) is 0 Å². The number of likely N-dealkylation sites (N-methyl/N-ethyl adjacent to an activating group) is 1. The monoisotopic (exact) mass is 208 g/mol. The van der Waals surface area contributed by atoms with E-state index in [1.165, 1.54) is 0 Å². The predicted octanol–water partition coefficient (Wildman–Crippen LogP) is 1.22. The van der Waals surface area contributed by atoms with E-state index in [0.717, 1.165) is 24.6 Å². The van der Waals surface area contributed by atoms with E-state index in [-0.39, 0.29) is 0 Å². The Morgan fingerprint density at radius 1 is 1.33 bits per heavy atom. The summed E-state index contributed by atoms with van der Waals surface area (Å²) in [5.74, 6) is 0.783. The van der Waals surface area contributed by atoms with Crippen molar-refractivity contribution in [3.8, 4) is 0 Å². The number of nitrogens with one attached hydrogen (secondary N) is 1. The summed E-state index contributed by atoms with van der Waals surface area (Å²) in [6.07, 6.45) is 3.68. The van der Waals surface area contributed by atoms with Gasteiger partial charge >= 0.3 is 0 Å². The maximum atomic E-state index is 4.26. The van der Waals surface area contributed by atoms with E-state index in [1.54, 1.807) is 0 Å². The SMILES string of the molecule is Cc1cnc(N(C)CCNC(C)C)nc1. The molecule has 0 aliphatic carbocycles. The molecule has 0 unspecified atom stereocenters. The Labute approximate surface area is 91.7 Å². The fourth-order valence-corrected chi connectivity index (χ4v) is 1.20. The summed E-state index contributed by atoms with van der Waals surface area (Å²) >= 11 is 0. The van der Waals surface area contributed by atoms with Gasteiger partial charge in [-0.15, -0.1) is 0 Å². The summed E-state index contributed by atoms with van der Waals surface area (Å²) in [5, 5.41) is 3.36. The quantitative estimate of drug-likeness (QED) is 0.790. The Hall–Kier alpha value is -1.16. The summed E-state index contributed by atoms with van der Waals surface area (Å²) in [6, 6.07) is 0.525. The number of aromatic nitrogens is 2. The lowest BCUT2D eigenvalue weighted by Gasteiger charge is -2.18. The van der Waals surface area contributed by atoms with Crippen molar-refractivity contribution in [2.24, 2.45) is 0 Å². The Morgan fingerprint density at radius 3 is 2.47 bits per heavy atom. The lowest BCUT2D eigenvalue weighted by Crippen LogP contribution is -2.33. The zero-order chi connectivity index (χ0) is 11.3. The van der Waals surface area contributed by atoms with Crippen LogP contribution >= 0.6 is 0 Å². The van der Waals surface area contributed by atoms with Crippen LogP contribution in [0.15, 0.2) is 12.4 Å². The van der Waals surface area contributed by atoms with Crippen LogP contribution in [0.3, 0.4) is 0 Å². The van der Waals surface area contributed by atoms with Gasteiger partial charge in [0, 0.05) is 38.6 Å². The van der Waals surface area contributed by atoms with Crippen molar-refractivity contribution in [1.29, 1.82) is 0 Å². The molecule has 0 bridgehead atoms. The third-order valence-corrected chi connectivity index (χ3v) is 2.11. The van der Waals surface area contributed by atoms with E-state index in [1.807, 2.05) is 26.4 Å². The zero-order valence-electron chi connectivity index (χ0n) is 9.99. The van der Waals surface area contributed by atoms with Crippen molar-refractivity contribution in [2.75, 3.05) is 25.0 Å². The van der Waals surface area contributed by atoms with Gasteiger partial charge < -0.3 is 10.2 Å². The van der Waals surface area contributed by atoms with Gasteiger partial charge in [0.25, 0.3) is 0 Å². The van der Waals surface area contributed by atoms with Gasteiger partial charge in [0.2, 0.25) is 5.95 Å². The topological polar surface area (TPSA) is 41.1 Å². The molecule has 4 nitrogen and oxygen atoms in total. The summed E-state index contributed by atoms with van der Waals surface area (Å²) < 4.78 is 0. The number of aryl methyl sites for hydroxylation is 1. The molecular formula is C11H20N4. The summed E-state index contributed by atoms with van der Waals surface area (Å²) in [6.45, 7) is 8.14. The third kappa shape index (κ3) is 4.25. The van der Waals surface area contributed by atoms with Crippen molar-refractivity contribution in [2.45, 2.75) is 26.8 Å². The van der Waals surface area contributed by atoms with E-state index in [4.69, 9.17) is 0 Å². The molecule has 0 aliphatic heterocycles. The zero-order valence-corrected chi connectivity index (χ0v) is 9.99. The fraction of sp³-hybridized carbons (Fsp3) is 0.636. The molecule has 0 saturated carbocycles. The maximum Gasteiger partial charge on any atom is 0.225 e. The molecule has 0 atom stereocenters. The van der Waals surface area contributed by atoms with Crippen molar-refractivity contribution in [3.63, 3.8) is 0 Å². The number of nitrogens with zero attached hydrogens (tertiary/aromatic N) is 3. The largest absolute Gasteiger partial charge is 0.343 e. The number of hydrogen-bond donors (Lipinski definition) is 1. The average molecular weight is 208 g/mol. The van der Waals surface area contributed by atoms with Gasteiger partial charge in [-0.05, 0) is 12.5 Å². The molecule has 0 saturated heterocycles. The molecule has 84 valence electrons. The van der Waals surface area contributed by atoms with Crippen LogP contribution in [0.4, 0.5) is 5.95 Å². The first-order chi connectivity index (χ1) is 7.09. The van der Waals surface area contributed by atoms with Crippen molar-refractivity contribution < 1.29 is 0 Å². The van der Waals surface area contributed by atoms with Gasteiger partial charge in [-0.3, -0.25) is 0 Å². The fourth-order valence-electron chi connectivity index (χ4n) is 1.20. The highest BCUT2D eigenvalue weighted by atomic mass is 15.2. The highest BCUT2D eigenvalue weighted by molar-refractivity contribution is 5.27. The van der Waals surface area contributed by atoms with Gasteiger partial charge in [-0.25, -0.2) is 9.97 Å². The second kappa shape index (κ2) is 5.66. The molecule has 4 heteroatoms. The lowest BCUT2D eigenvalue weighted by molar-refractivity contribution is 0.587. The molecule has 0 aromatic carbocycles. The van der Waals surface area contributed by atoms with Gasteiger partial charge in [0.05, 0.1) is 0 Å². The number of rotatable bonds is 5. The smallest absolute Gasteiger partial charge is 0.225 e. The number of hydrogen-bond acceptors (Lipinski definition) is 4. The standard InChI is InChI=1S/C11H20N4/c1-9(2)12-5-6-15(4)11-13-7-10(3)8-14-11/h7-9,12H,5-6H2,1-4H3. The minimum atomic E-state index is 0.525. The van der Waals surface area contributed by atoms with Crippen LogP contribution in [0.25, 0.3) is 0 Å². The molecule has 1 aromatic rings. The van der Waals surface area contributed by atoms with Crippen molar-refractivity contribution in [1.82, 2.24) is 15.3 Å².